The summed E-state index contributed by atoms with van der Waals surface area (Å²) in [5, 5.41) is 13.4. The van der Waals surface area contributed by atoms with Crippen LogP contribution in [0.3, 0.4) is 0 Å². The van der Waals surface area contributed by atoms with Gasteiger partial charge in [-0.25, -0.2) is 4.39 Å². The van der Waals surface area contributed by atoms with Crippen molar-refractivity contribution in [2.75, 3.05) is 57.4 Å². The molecule has 352 valence electrons. The van der Waals surface area contributed by atoms with Gasteiger partial charge in [-0.15, -0.1) is 11.3 Å². The number of nitriles is 1. The number of alkyl halides is 1. The first kappa shape index (κ1) is 50.8. The molecule has 0 bridgehead atoms. The Bertz CT molecular complexity index is 2220. The molecule has 0 spiro atoms. The molecule has 2 aromatic carbocycles. The lowest BCUT2D eigenvalue weighted by Gasteiger charge is -2.39. The topological polar surface area (TPSA) is 166 Å². The molecule has 3 aliphatic heterocycles. The molecule has 1 N–H and O–H groups in total. The minimum Gasteiger partial charge on any atom is -0.339 e. The van der Waals surface area contributed by atoms with E-state index < -0.39 is 31.5 Å². The number of nitrogens with one attached hydrogen (secondary N) is 1. The minimum atomic E-state index is -4.48. The molecule has 13 nitrogen and oxygen atoms in total. The summed E-state index contributed by atoms with van der Waals surface area (Å²) in [7, 11) is -4.48. The van der Waals surface area contributed by atoms with Crippen LogP contribution >= 0.6 is 42.5 Å². The van der Waals surface area contributed by atoms with Gasteiger partial charge in [-0.1, -0.05) is 94.5 Å². The van der Waals surface area contributed by atoms with Gasteiger partial charge in [0.05, 0.1) is 30.1 Å². The zero-order valence-corrected chi connectivity index (χ0v) is 41.2. The zero-order valence-electron chi connectivity index (χ0n) is 37.8. The molecule has 65 heavy (non-hydrogen) atoms. The Morgan fingerprint density at radius 1 is 0.923 bits per heavy atom. The Kier molecular flexibility index (Phi) is 18.3. The smallest absolute Gasteiger partial charge is 0.339 e. The van der Waals surface area contributed by atoms with E-state index in [1.54, 1.807) is 21.9 Å². The van der Waals surface area contributed by atoms with Gasteiger partial charge in [0.15, 0.2) is 10.2 Å². The van der Waals surface area contributed by atoms with Crippen molar-refractivity contribution < 1.29 is 42.0 Å². The number of carbonyl (C=O) groups is 5. The molecule has 1 aromatic heterocycles. The molecule has 3 saturated heterocycles. The summed E-state index contributed by atoms with van der Waals surface area (Å²) in [5.41, 5.74) is 1.01. The summed E-state index contributed by atoms with van der Waals surface area (Å²) in [4.78, 5) is 73.3. The van der Waals surface area contributed by atoms with Crippen LogP contribution in [0, 0.1) is 29.1 Å². The van der Waals surface area contributed by atoms with Crippen molar-refractivity contribution in [2.45, 2.75) is 96.7 Å². The molecule has 3 fully saturated rings. The number of fused-ring (bicyclic) bond motifs is 2. The van der Waals surface area contributed by atoms with E-state index in [2.05, 4.69) is 16.3 Å². The molecule has 3 amide bonds. The van der Waals surface area contributed by atoms with E-state index >= 15 is 4.39 Å². The summed E-state index contributed by atoms with van der Waals surface area (Å²) in [5.74, 6) is -3.04. The third-order valence-electron chi connectivity index (χ3n) is 12.0. The maximum atomic E-state index is 16.5. The van der Waals surface area contributed by atoms with Gasteiger partial charge in [-0.05, 0) is 72.4 Å². The monoisotopic (exact) mass is 969 g/mol. The summed E-state index contributed by atoms with van der Waals surface area (Å²) >= 11 is 3.21. The number of hydrogen-bond acceptors (Lipinski definition) is 13. The van der Waals surface area contributed by atoms with Gasteiger partial charge in [0.25, 0.3) is 5.91 Å². The number of likely N-dealkylation sites (tertiary alicyclic amines) is 1. The zero-order chi connectivity index (χ0) is 46.8. The third kappa shape index (κ3) is 13.1. The summed E-state index contributed by atoms with van der Waals surface area (Å²) in [6, 6.07) is 16.5. The molecule has 6 rings (SSSR count). The highest BCUT2D eigenvalue weighted by Gasteiger charge is 2.48. The first-order valence-corrected chi connectivity index (χ1v) is 27.0. The number of thioether (sulfide) groups is 2. The van der Waals surface area contributed by atoms with Crippen molar-refractivity contribution in [3.63, 3.8) is 0 Å². The van der Waals surface area contributed by atoms with Gasteiger partial charge >= 0.3 is 7.60 Å². The Balaban J connectivity index is 1.16. The molecule has 0 unspecified atom stereocenters. The maximum absolute atomic E-state index is 16.5. The largest absolute Gasteiger partial charge is 0.369 e. The normalized spacial score (nSPS) is 22.2. The van der Waals surface area contributed by atoms with Gasteiger partial charge in [0, 0.05) is 67.2 Å². The molecule has 3 aromatic rings. The van der Waals surface area contributed by atoms with Gasteiger partial charge in [0.2, 0.25) is 17.7 Å². The fraction of sp³-hybridized carbons (Fsp3) is 0.574. The van der Waals surface area contributed by atoms with Crippen molar-refractivity contribution in [3.05, 3.63) is 70.6 Å². The van der Waals surface area contributed by atoms with Crippen LogP contribution < -0.4 is 5.32 Å². The number of benzene rings is 2. The summed E-state index contributed by atoms with van der Waals surface area (Å²) < 4.78 is 42.5. The van der Waals surface area contributed by atoms with Gasteiger partial charge in [-0.3, -0.25) is 28.5 Å². The molecule has 3 aliphatic rings. The Morgan fingerprint density at radius 2 is 1.58 bits per heavy atom. The fourth-order valence-electron chi connectivity index (χ4n) is 8.77. The number of rotatable bonds is 19. The van der Waals surface area contributed by atoms with E-state index in [-0.39, 0.29) is 100 Å². The first-order valence-electron chi connectivity index (χ1n) is 22.6. The minimum absolute atomic E-state index is 0.0106. The molecule has 0 saturated carbocycles. The van der Waals surface area contributed by atoms with Crippen LogP contribution in [-0.4, -0.2) is 118 Å². The van der Waals surface area contributed by atoms with Gasteiger partial charge in [-0.2, -0.15) is 5.26 Å². The number of nitrogens with zero attached hydrogens (tertiary/aromatic N) is 4. The van der Waals surface area contributed by atoms with E-state index in [1.807, 2.05) is 65.0 Å². The fourth-order valence-corrected chi connectivity index (χ4v) is 13.2. The van der Waals surface area contributed by atoms with Gasteiger partial charge in [0.1, 0.15) is 12.1 Å². The lowest BCUT2D eigenvalue weighted by molar-refractivity contribution is -0.147. The van der Waals surface area contributed by atoms with Crippen LogP contribution in [0.2, 0.25) is 0 Å². The summed E-state index contributed by atoms with van der Waals surface area (Å²) in [6.45, 7) is 11.6. The SMILES string of the molecule is CCN1CC[C@H]2CC[C@@H](C(=O)N3C[C@H](c4ccccc4)[C@@H](C#N)C3)N2C(=O)[C@@H](NC(=O)c2cc3cc([C@@H](F)P(=O)(OCCSC(=O)CC(C)C)OCCSC(=O)CC(C)C)ccc3s2)C1. The Labute approximate surface area is 394 Å². The highest BCUT2D eigenvalue weighted by Crippen LogP contribution is 2.62. The van der Waals surface area contributed by atoms with E-state index in [0.717, 1.165) is 29.1 Å². The number of thiophene rings is 1. The second kappa shape index (κ2) is 23.4. The van der Waals surface area contributed by atoms with E-state index in [9.17, 15) is 33.8 Å². The average molecular weight is 970 g/mol. The van der Waals surface area contributed by atoms with Crippen molar-refractivity contribution in [2.24, 2.45) is 17.8 Å². The van der Waals surface area contributed by atoms with Crippen molar-refractivity contribution in [3.8, 4) is 6.07 Å². The predicted octanol–water partition coefficient (Wildman–Crippen LogP) is 8.66. The molecule has 4 heterocycles. The second-order valence-corrected chi connectivity index (χ2v) is 23.2. The average Bonchev–Trinajstić information content (AvgIpc) is 4.03. The van der Waals surface area contributed by atoms with Crippen molar-refractivity contribution >= 4 is 80.5 Å². The van der Waals surface area contributed by atoms with E-state index in [1.165, 1.54) is 23.5 Å². The molecule has 0 radical (unpaired) electrons. The molecule has 6 atom stereocenters. The highest BCUT2D eigenvalue weighted by atomic mass is 32.2. The van der Waals surface area contributed by atoms with Gasteiger partial charge < -0.3 is 29.1 Å². The van der Waals surface area contributed by atoms with E-state index in [4.69, 9.17) is 9.05 Å². The Morgan fingerprint density at radius 3 is 2.20 bits per heavy atom. The van der Waals surface area contributed by atoms with Crippen molar-refractivity contribution in [1.29, 1.82) is 5.26 Å². The van der Waals surface area contributed by atoms with Crippen LogP contribution in [-0.2, 0) is 32.8 Å². The number of amides is 3. The lowest BCUT2D eigenvalue weighted by atomic mass is 9.90. The van der Waals surface area contributed by atoms with Crippen LogP contribution in [0.1, 0.15) is 99.4 Å². The van der Waals surface area contributed by atoms with Crippen LogP contribution in [0.15, 0.2) is 54.6 Å². The standard InChI is InChI=1S/C47H61FN5O8PS3/c1-6-51-17-16-36-13-14-39(47(58)52-27-35(26-49)37(28-52)32-10-8-7-9-11-32)53(36)46(57)38(29-51)50-45(56)41-25-34-24-33(12-15-40(34)65-41)44(48)62(59,60-18-20-63-42(54)22-30(2)3)61-19-21-64-43(55)23-31(4)5/h7-12,15,24-25,30-31,35-39,44H,6,13-14,16-23,27-29H2,1-5H3,(H,50,56)/t35-,36+,37+,38-,39-,44-/m0/s1. The number of hydrogen-bond donors (Lipinski definition) is 1. The molecule has 18 heteroatoms. The second-order valence-electron chi connectivity index (χ2n) is 17.8. The summed E-state index contributed by atoms with van der Waals surface area (Å²) in [6.07, 6.45) is 2.58. The lowest BCUT2D eigenvalue weighted by Crippen LogP contribution is -2.60. The predicted molar refractivity (Wildman–Crippen MR) is 256 cm³/mol. The quantitative estimate of drug-likeness (QED) is 0.0899. The molecular weight excluding hydrogens is 909 g/mol. The molecule has 0 aliphatic carbocycles. The van der Waals surface area contributed by atoms with Crippen molar-refractivity contribution in [1.82, 2.24) is 20.0 Å². The van der Waals surface area contributed by atoms with E-state index in [0.29, 0.717) is 61.8 Å². The third-order valence-corrected chi connectivity index (χ3v) is 16.8. The van der Waals surface area contributed by atoms with Crippen LogP contribution in [0.5, 0.6) is 0 Å². The number of carbonyl (C=O) groups excluding carboxylic acids is 5. The number of likely N-dealkylation sites (N-methyl/N-ethyl adjacent to an activating group) is 1. The first-order chi connectivity index (χ1) is 31.1. The number of halogens is 1. The molecular formula is C47H61FN5O8PS3. The maximum Gasteiger partial charge on any atom is 0.369 e. The Hall–Kier alpha value is -3.62. The highest BCUT2D eigenvalue weighted by molar-refractivity contribution is 8.13. The van der Waals surface area contributed by atoms with Crippen LogP contribution in [0.25, 0.3) is 10.1 Å². The van der Waals surface area contributed by atoms with Crippen LogP contribution in [0.4, 0.5) is 4.39 Å².